The van der Waals surface area contributed by atoms with Crippen LogP contribution in [0.15, 0.2) is 71.3 Å². The second kappa shape index (κ2) is 9.05. The van der Waals surface area contributed by atoms with Gasteiger partial charge in [-0.1, -0.05) is 0 Å². The summed E-state index contributed by atoms with van der Waals surface area (Å²) >= 11 is 0. The first kappa shape index (κ1) is 21.3. The van der Waals surface area contributed by atoms with Crippen molar-refractivity contribution in [3.8, 4) is 5.75 Å². The zero-order chi connectivity index (χ0) is 22.7. The summed E-state index contributed by atoms with van der Waals surface area (Å²) in [4.78, 5) is 41.7. The van der Waals surface area contributed by atoms with Crippen molar-refractivity contribution < 1.29 is 27.9 Å². The van der Waals surface area contributed by atoms with Crippen molar-refractivity contribution in [2.24, 2.45) is 0 Å². The molecule has 32 heavy (non-hydrogen) atoms. The van der Waals surface area contributed by atoms with Gasteiger partial charge in [-0.3, -0.25) is 14.4 Å². The molecule has 164 valence electrons. The third-order valence-corrected chi connectivity index (χ3v) is 5.16. The lowest BCUT2D eigenvalue weighted by Gasteiger charge is -2.27. The van der Waals surface area contributed by atoms with Crippen LogP contribution in [0.4, 0.5) is 10.1 Å². The topological polar surface area (TPSA) is 80.1 Å². The molecular formula is C24H21FN2O5. The third kappa shape index (κ3) is 4.25. The lowest BCUT2D eigenvalue weighted by molar-refractivity contribution is -0.122. The Morgan fingerprint density at radius 2 is 1.84 bits per heavy atom. The van der Waals surface area contributed by atoms with Crippen LogP contribution in [-0.4, -0.2) is 35.3 Å². The number of rotatable bonds is 7. The van der Waals surface area contributed by atoms with Gasteiger partial charge in [0.15, 0.2) is 0 Å². The Morgan fingerprint density at radius 1 is 1.12 bits per heavy atom. The van der Waals surface area contributed by atoms with E-state index in [1.54, 1.807) is 36.4 Å². The molecule has 3 amide bonds. The molecule has 2 heterocycles. The number of imide groups is 1. The molecule has 0 radical (unpaired) electrons. The first-order valence-corrected chi connectivity index (χ1v) is 10.2. The van der Waals surface area contributed by atoms with E-state index in [9.17, 15) is 18.8 Å². The fraction of sp³-hybridized carbons (Fsp3) is 0.208. The molecule has 8 heteroatoms. The molecule has 2 aromatic carbocycles. The van der Waals surface area contributed by atoms with E-state index in [0.29, 0.717) is 23.8 Å². The predicted molar refractivity (Wildman–Crippen MR) is 113 cm³/mol. The first-order chi connectivity index (χ1) is 15.5. The van der Waals surface area contributed by atoms with Gasteiger partial charge in [-0.25, -0.2) is 9.29 Å². The number of amides is 3. The molecular weight excluding hydrogens is 415 g/mol. The van der Waals surface area contributed by atoms with Crippen LogP contribution in [0.3, 0.4) is 0 Å². The molecule has 0 N–H and O–H groups in total. The molecule has 0 bridgehead atoms. The highest BCUT2D eigenvalue weighted by Gasteiger charge is 2.44. The van der Waals surface area contributed by atoms with Gasteiger partial charge in [0.25, 0.3) is 11.8 Å². The summed E-state index contributed by atoms with van der Waals surface area (Å²) in [7, 11) is 0. The zero-order valence-electron chi connectivity index (χ0n) is 17.4. The number of ether oxygens (including phenoxy) is 1. The average Bonchev–Trinajstić information content (AvgIpc) is 3.40. The summed E-state index contributed by atoms with van der Waals surface area (Å²) in [5.74, 6) is -0.825. The second-order valence-corrected chi connectivity index (χ2v) is 7.23. The molecule has 0 saturated carbocycles. The molecule has 1 aliphatic rings. The summed E-state index contributed by atoms with van der Waals surface area (Å²) in [6.07, 6.45) is 1.30. The van der Waals surface area contributed by atoms with Gasteiger partial charge in [0, 0.05) is 5.56 Å². The SMILES string of the molecule is CCOc1ccc(N2C(=O)CC(N(Cc3ccco3)C(=O)c3ccc(F)cc3)C2=O)cc1. The van der Waals surface area contributed by atoms with Gasteiger partial charge in [-0.05, 0) is 67.6 Å². The summed E-state index contributed by atoms with van der Waals surface area (Å²) < 4.78 is 24.1. The average molecular weight is 436 g/mol. The molecule has 4 rings (SSSR count). The summed E-state index contributed by atoms with van der Waals surface area (Å²) in [5.41, 5.74) is 0.607. The number of anilines is 1. The number of carbonyl (C=O) groups is 3. The Morgan fingerprint density at radius 3 is 2.47 bits per heavy atom. The van der Waals surface area contributed by atoms with Crippen LogP contribution >= 0.6 is 0 Å². The predicted octanol–water partition coefficient (Wildman–Crippen LogP) is 3.79. The number of halogens is 1. The van der Waals surface area contributed by atoms with Crippen LogP contribution < -0.4 is 9.64 Å². The van der Waals surface area contributed by atoms with E-state index in [2.05, 4.69) is 0 Å². The van der Waals surface area contributed by atoms with Crippen molar-refractivity contribution in [1.29, 1.82) is 0 Å². The summed E-state index contributed by atoms with van der Waals surface area (Å²) in [6, 6.07) is 14.0. The van der Waals surface area contributed by atoms with Gasteiger partial charge in [-0.15, -0.1) is 0 Å². The molecule has 1 saturated heterocycles. The van der Waals surface area contributed by atoms with Gasteiger partial charge < -0.3 is 14.1 Å². The monoisotopic (exact) mass is 436 g/mol. The molecule has 0 spiro atoms. The maximum Gasteiger partial charge on any atom is 0.257 e. The van der Waals surface area contributed by atoms with Crippen molar-refractivity contribution in [3.63, 3.8) is 0 Å². The van der Waals surface area contributed by atoms with Crippen LogP contribution in [0.5, 0.6) is 5.75 Å². The summed E-state index contributed by atoms with van der Waals surface area (Å²) in [5, 5.41) is 0. The molecule has 0 aliphatic carbocycles. The number of hydrogen-bond donors (Lipinski definition) is 0. The van der Waals surface area contributed by atoms with E-state index in [0.717, 1.165) is 4.90 Å². The van der Waals surface area contributed by atoms with E-state index < -0.39 is 29.6 Å². The fourth-order valence-corrected chi connectivity index (χ4v) is 3.64. The number of benzene rings is 2. The Labute approximate surface area is 184 Å². The minimum absolute atomic E-state index is 0.00991. The van der Waals surface area contributed by atoms with Crippen molar-refractivity contribution in [2.45, 2.75) is 25.9 Å². The number of furan rings is 1. The Balaban J connectivity index is 1.63. The van der Waals surface area contributed by atoms with E-state index in [4.69, 9.17) is 9.15 Å². The van der Waals surface area contributed by atoms with E-state index in [-0.39, 0.29) is 18.5 Å². The van der Waals surface area contributed by atoms with Crippen molar-refractivity contribution in [3.05, 3.63) is 84.1 Å². The standard InChI is InChI=1S/C24H21FN2O5/c1-2-31-19-11-9-18(10-12-19)27-22(28)14-21(24(27)30)26(15-20-4-3-13-32-20)23(29)16-5-7-17(25)8-6-16/h3-13,21H,2,14-15H2,1H3. The van der Waals surface area contributed by atoms with Crippen molar-refractivity contribution in [1.82, 2.24) is 4.90 Å². The second-order valence-electron chi connectivity index (χ2n) is 7.23. The summed E-state index contributed by atoms with van der Waals surface area (Å²) in [6.45, 7) is 2.35. The minimum atomic E-state index is -1.02. The van der Waals surface area contributed by atoms with Crippen LogP contribution in [0.2, 0.25) is 0 Å². The molecule has 1 atom stereocenters. The number of hydrogen-bond acceptors (Lipinski definition) is 5. The van der Waals surface area contributed by atoms with E-state index in [1.165, 1.54) is 35.4 Å². The number of nitrogens with zero attached hydrogens (tertiary/aromatic N) is 2. The minimum Gasteiger partial charge on any atom is -0.494 e. The Hall–Kier alpha value is -3.94. The van der Waals surface area contributed by atoms with Gasteiger partial charge in [0.2, 0.25) is 5.91 Å². The zero-order valence-corrected chi connectivity index (χ0v) is 17.4. The maximum absolute atomic E-state index is 13.3. The van der Waals surface area contributed by atoms with E-state index in [1.807, 2.05) is 6.92 Å². The highest BCUT2D eigenvalue weighted by atomic mass is 19.1. The van der Waals surface area contributed by atoms with Gasteiger partial charge >= 0.3 is 0 Å². The largest absolute Gasteiger partial charge is 0.494 e. The molecule has 3 aromatic rings. The van der Waals surface area contributed by atoms with Crippen LogP contribution in [0, 0.1) is 5.82 Å². The lowest BCUT2D eigenvalue weighted by atomic mass is 10.1. The smallest absolute Gasteiger partial charge is 0.257 e. The molecule has 1 unspecified atom stereocenters. The van der Waals surface area contributed by atoms with Crippen LogP contribution in [-0.2, 0) is 16.1 Å². The van der Waals surface area contributed by atoms with Crippen molar-refractivity contribution in [2.75, 3.05) is 11.5 Å². The fourth-order valence-electron chi connectivity index (χ4n) is 3.64. The quantitative estimate of drug-likeness (QED) is 0.527. The van der Waals surface area contributed by atoms with Crippen molar-refractivity contribution >= 4 is 23.4 Å². The number of carbonyl (C=O) groups excluding carboxylic acids is 3. The van der Waals surface area contributed by atoms with Gasteiger partial charge in [0.05, 0.1) is 31.5 Å². The first-order valence-electron chi connectivity index (χ1n) is 10.2. The Bertz CT molecular complexity index is 1110. The highest BCUT2D eigenvalue weighted by Crippen LogP contribution is 2.29. The maximum atomic E-state index is 13.3. The van der Waals surface area contributed by atoms with Gasteiger partial charge in [0.1, 0.15) is 23.4 Å². The van der Waals surface area contributed by atoms with Gasteiger partial charge in [-0.2, -0.15) is 0 Å². The van der Waals surface area contributed by atoms with Crippen LogP contribution in [0.25, 0.3) is 0 Å². The Kier molecular flexibility index (Phi) is 6.02. The lowest BCUT2D eigenvalue weighted by Crippen LogP contribution is -2.45. The highest BCUT2D eigenvalue weighted by molar-refractivity contribution is 6.23. The van der Waals surface area contributed by atoms with E-state index >= 15 is 0 Å². The van der Waals surface area contributed by atoms with Crippen LogP contribution in [0.1, 0.15) is 29.5 Å². The molecule has 7 nitrogen and oxygen atoms in total. The molecule has 1 aliphatic heterocycles. The normalized spacial score (nSPS) is 15.8. The molecule has 1 fully saturated rings. The molecule has 1 aromatic heterocycles. The third-order valence-electron chi connectivity index (χ3n) is 5.16.